The fraction of sp³-hybridized carbons (Fsp3) is 0.400. The van der Waals surface area contributed by atoms with Gasteiger partial charge in [-0.3, -0.25) is 0 Å². The van der Waals surface area contributed by atoms with E-state index in [0.717, 1.165) is 24.9 Å². The van der Waals surface area contributed by atoms with Gasteiger partial charge >= 0.3 is 0 Å². The van der Waals surface area contributed by atoms with E-state index in [1.165, 1.54) is 34.0 Å². The first kappa shape index (κ1) is 15.2. The molecular formula is C20H23BrN2. The summed E-state index contributed by atoms with van der Waals surface area (Å²) in [7, 11) is 0. The van der Waals surface area contributed by atoms with Crippen molar-refractivity contribution in [2.24, 2.45) is 5.92 Å². The van der Waals surface area contributed by atoms with Crippen LogP contribution in [-0.2, 0) is 19.3 Å². The molecule has 1 fully saturated rings. The van der Waals surface area contributed by atoms with Crippen molar-refractivity contribution in [2.45, 2.75) is 44.2 Å². The van der Waals surface area contributed by atoms with Crippen molar-refractivity contribution in [3.8, 4) is 0 Å². The average Bonchev–Trinajstić information content (AvgIpc) is 2.50. The van der Waals surface area contributed by atoms with Gasteiger partial charge in [0.1, 0.15) is 0 Å². The third kappa shape index (κ3) is 3.17. The van der Waals surface area contributed by atoms with E-state index in [4.69, 9.17) is 5.73 Å². The molecule has 3 N–H and O–H groups in total. The fourth-order valence-electron chi connectivity index (χ4n) is 4.31. The van der Waals surface area contributed by atoms with Crippen LogP contribution < -0.4 is 11.1 Å². The molecule has 3 heteroatoms. The first-order chi connectivity index (χ1) is 11.2. The Hall–Kier alpha value is -1.32. The summed E-state index contributed by atoms with van der Waals surface area (Å²) in [6.07, 6.45) is 5.93. The molecule has 2 nitrogen and oxygen atoms in total. The Morgan fingerprint density at radius 2 is 1.96 bits per heavy atom. The fourth-order valence-corrected chi connectivity index (χ4v) is 4.76. The summed E-state index contributed by atoms with van der Waals surface area (Å²) >= 11 is 3.59. The van der Waals surface area contributed by atoms with E-state index in [1.54, 1.807) is 0 Å². The molecule has 2 aromatic carbocycles. The molecular weight excluding hydrogens is 348 g/mol. The van der Waals surface area contributed by atoms with Crippen LogP contribution in [0, 0.1) is 5.92 Å². The van der Waals surface area contributed by atoms with Crippen LogP contribution in [0.1, 0.15) is 29.5 Å². The molecule has 0 spiro atoms. The van der Waals surface area contributed by atoms with E-state index >= 15 is 0 Å². The Bertz CT molecular complexity index is 713. The third-order valence-electron chi connectivity index (χ3n) is 5.49. The summed E-state index contributed by atoms with van der Waals surface area (Å²) in [4.78, 5) is 0. The van der Waals surface area contributed by atoms with Crippen molar-refractivity contribution >= 4 is 21.6 Å². The first-order valence-corrected chi connectivity index (χ1v) is 9.35. The Morgan fingerprint density at radius 1 is 1.09 bits per heavy atom. The Balaban J connectivity index is 1.60. The Labute approximate surface area is 146 Å². The highest BCUT2D eigenvalue weighted by Gasteiger charge is 2.33. The quantitative estimate of drug-likeness (QED) is 0.780. The zero-order valence-electron chi connectivity index (χ0n) is 13.3. The van der Waals surface area contributed by atoms with Gasteiger partial charge in [-0.25, -0.2) is 0 Å². The standard InChI is InChI=1S/C20H23BrN2/c21-16-5-1-3-13(9-16)10-20-15-7-8-17(23-20)12-18-14(11-15)4-2-6-19(18)22/h1-6,9,15,17,20,23H,7-8,10-12,22H2/t15-,17+,20+/m0/s1. The second-order valence-electron chi connectivity index (χ2n) is 7.03. The summed E-state index contributed by atoms with van der Waals surface area (Å²) in [5, 5.41) is 3.92. The molecule has 3 atom stereocenters. The molecule has 2 heterocycles. The number of anilines is 1. The van der Waals surface area contributed by atoms with Crippen molar-refractivity contribution in [2.75, 3.05) is 5.73 Å². The molecule has 120 valence electrons. The van der Waals surface area contributed by atoms with Crippen LogP contribution in [-0.4, -0.2) is 12.1 Å². The SMILES string of the molecule is Nc1cccc2c1C[C@H]1CC[C@@H](C2)[C@@H](Cc2cccc(Br)c2)N1. The molecule has 1 saturated heterocycles. The van der Waals surface area contributed by atoms with E-state index in [9.17, 15) is 0 Å². The molecule has 0 aromatic heterocycles. The average molecular weight is 371 g/mol. The summed E-state index contributed by atoms with van der Waals surface area (Å²) in [5.74, 6) is 0.700. The van der Waals surface area contributed by atoms with Crippen LogP contribution >= 0.6 is 15.9 Å². The summed E-state index contributed by atoms with van der Waals surface area (Å²) in [6, 6.07) is 16.3. The highest BCUT2D eigenvalue weighted by Crippen LogP contribution is 2.34. The summed E-state index contributed by atoms with van der Waals surface area (Å²) in [6.45, 7) is 0. The van der Waals surface area contributed by atoms with Crippen LogP contribution in [0.25, 0.3) is 0 Å². The zero-order chi connectivity index (χ0) is 15.8. The lowest BCUT2D eigenvalue weighted by atomic mass is 9.75. The number of nitrogen functional groups attached to an aromatic ring is 1. The van der Waals surface area contributed by atoms with Gasteiger partial charge in [-0.2, -0.15) is 0 Å². The topological polar surface area (TPSA) is 38.0 Å². The maximum Gasteiger partial charge on any atom is 0.0349 e. The molecule has 0 saturated carbocycles. The number of hydrogen-bond donors (Lipinski definition) is 2. The van der Waals surface area contributed by atoms with Crippen LogP contribution in [0.2, 0.25) is 0 Å². The van der Waals surface area contributed by atoms with Crippen LogP contribution in [0.3, 0.4) is 0 Å². The molecule has 2 bridgehead atoms. The van der Waals surface area contributed by atoms with E-state index in [2.05, 4.69) is 57.6 Å². The Morgan fingerprint density at radius 3 is 2.83 bits per heavy atom. The minimum Gasteiger partial charge on any atom is -0.398 e. The molecule has 0 unspecified atom stereocenters. The molecule has 5 rings (SSSR count). The van der Waals surface area contributed by atoms with Crippen LogP contribution in [0.15, 0.2) is 46.9 Å². The second-order valence-corrected chi connectivity index (χ2v) is 7.95. The van der Waals surface area contributed by atoms with Crippen LogP contribution in [0.4, 0.5) is 5.69 Å². The molecule has 1 aliphatic carbocycles. The van der Waals surface area contributed by atoms with Gasteiger partial charge in [0, 0.05) is 22.2 Å². The highest BCUT2D eigenvalue weighted by atomic mass is 79.9. The van der Waals surface area contributed by atoms with Crippen LogP contribution in [0.5, 0.6) is 0 Å². The predicted molar refractivity (Wildman–Crippen MR) is 99.5 cm³/mol. The van der Waals surface area contributed by atoms with Gasteiger partial charge in [0.2, 0.25) is 0 Å². The van der Waals surface area contributed by atoms with E-state index < -0.39 is 0 Å². The second kappa shape index (κ2) is 6.29. The highest BCUT2D eigenvalue weighted by molar-refractivity contribution is 9.10. The molecule has 2 aromatic rings. The summed E-state index contributed by atoms with van der Waals surface area (Å²) < 4.78 is 1.17. The van der Waals surface area contributed by atoms with Gasteiger partial charge < -0.3 is 11.1 Å². The number of hydrogen-bond acceptors (Lipinski definition) is 2. The van der Waals surface area contributed by atoms with Crippen molar-refractivity contribution in [3.63, 3.8) is 0 Å². The molecule has 2 aliphatic heterocycles. The number of halogens is 1. The lowest BCUT2D eigenvalue weighted by Crippen LogP contribution is -2.51. The number of piperidine rings is 1. The minimum atomic E-state index is 0.562. The van der Waals surface area contributed by atoms with E-state index in [1.807, 2.05) is 6.07 Å². The Kier molecular flexibility index (Phi) is 4.16. The van der Waals surface area contributed by atoms with E-state index in [-0.39, 0.29) is 0 Å². The van der Waals surface area contributed by atoms with Gasteiger partial charge in [0.15, 0.2) is 0 Å². The number of benzene rings is 2. The smallest absolute Gasteiger partial charge is 0.0349 e. The third-order valence-corrected chi connectivity index (χ3v) is 5.98. The van der Waals surface area contributed by atoms with Gasteiger partial charge in [-0.15, -0.1) is 0 Å². The van der Waals surface area contributed by atoms with E-state index in [0.29, 0.717) is 18.0 Å². The van der Waals surface area contributed by atoms with Crippen molar-refractivity contribution in [1.82, 2.24) is 5.32 Å². The van der Waals surface area contributed by atoms with Gasteiger partial charge in [-0.1, -0.05) is 40.2 Å². The van der Waals surface area contributed by atoms with Gasteiger partial charge in [0.05, 0.1) is 0 Å². The lowest BCUT2D eigenvalue weighted by Gasteiger charge is -2.41. The molecule has 0 radical (unpaired) electrons. The maximum atomic E-state index is 6.24. The minimum absolute atomic E-state index is 0.562. The monoisotopic (exact) mass is 370 g/mol. The maximum absolute atomic E-state index is 6.24. The van der Waals surface area contributed by atoms with Crippen molar-refractivity contribution in [3.05, 3.63) is 63.6 Å². The summed E-state index contributed by atoms with van der Waals surface area (Å²) in [5.41, 5.74) is 11.5. The number of fused-ring (bicyclic) bond motifs is 2. The first-order valence-electron chi connectivity index (χ1n) is 8.56. The zero-order valence-corrected chi connectivity index (χ0v) is 14.9. The van der Waals surface area contributed by atoms with Crippen molar-refractivity contribution in [1.29, 1.82) is 0 Å². The van der Waals surface area contributed by atoms with Gasteiger partial charge in [-0.05, 0) is 72.9 Å². The predicted octanol–water partition coefficient (Wildman–Crippen LogP) is 4.11. The number of nitrogens with two attached hydrogens (primary N) is 1. The van der Waals surface area contributed by atoms with Gasteiger partial charge in [0.25, 0.3) is 0 Å². The number of rotatable bonds is 2. The normalized spacial score (nSPS) is 26.4. The van der Waals surface area contributed by atoms with Crippen molar-refractivity contribution < 1.29 is 0 Å². The lowest BCUT2D eigenvalue weighted by molar-refractivity contribution is 0.217. The number of nitrogens with one attached hydrogen (secondary N) is 1. The largest absolute Gasteiger partial charge is 0.398 e. The molecule has 23 heavy (non-hydrogen) atoms. The molecule has 3 aliphatic rings. The molecule has 0 amide bonds.